The van der Waals surface area contributed by atoms with Gasteiger partial charge >= 0.3 is 0 Å². The SMILES string of the molecule is O=S1(=O)CCCC(Cc2cc(Cl)c(Cl)nn2)C1. The molecule has 1 aromatic heterocycles. The third kappa shape index (κ3) is 3.53. The van der Waals surface area contributed by atoms with Gasteiger partial charge in [0.15, 0.2) is 15.0 Å². The van der Waals surface area contributed by atoms with Crippen LogP contribution in [0.3, 0.4) is 0 Å². The van der Waals surface area contributed by atoms with Gasteiger partial charge in [-0.1, -0.05) is 23.2 Å². The van der Waals surface area contributed by atoms with Gasteiger partial charge in [0.2, 0.25) is 0 Å². The summed E-state index contributed by atoms with van der Waals surface area (Å²) in [6.45, 7) is 0. The first-order valence-electron chi connectivity index (χ1n) is 5.34. The Morgan fingerprint density at radius 2 is 2.12 bits per heavy atom. The van der Waals surface area contributed by atoms with Gasteiger partial charge < -0.3 is 0 Å². The third-order valence-electron chi connectivity index (χ3n) is 2.81. The van der Waals surface area contributed by atoms with Gasteiger partial charge in [-0.2, -0.15) is 5.10 Å². The lowest BCUT2D eigenvalue weighted by molar-refractivity contribution is 0.478. The average Bonchev–Trinajstić information content (AvgIpc) is 2.22. The van der Waals surface area contributed by atoms with E-state index in [1.807, 2.05) is 0 Å². The van der Waals surface area contributed by atoms with Crippen molar-refractivity contribution < 1.29 is 8.42 Å². The molecule has 17 heavy (non-hydrogen) atoms. The van der Waals surface area contributed by atoms with E-state index in [1.54, 1.807) is 6.07 Å². The molecule has 1 aliphatic rings. The highest BCUT2D eigenvalue weighted by Gasteiger charge is 2.25. The number of halogens is 2. The molecule has 0 radical (unpaired) electrons. The molecule has 0 spiro atoms. The maximum Gasteiger partial charge on any atom is 0.170 e. The van der Waals surface area contributed by atoms with Gasteiger partial charge in [-0.3, -0.25) is 0 Å². The van der Waals surface area contributed by atoms with Crippen molar-refractivity contribution in [3.8, 4) is 0 Å². The highest BCUT2D eigenvalue weighted by molar-refractivity contribution is 7.91. The van der Waals surface area contributed by atoms with Crippen molar-refractivity contribution in [3.63, 3.8) is 0 Å². The molecular weight excluding hydrogens is 283 g/mol. The second kappa shape index (κ2) is 5.08. The van der Waals surface area contributed by atoms with Gasteiger partial charge in [0.25, 0.3) is 0 Å². The van der Waals surface area contributed by atoms with E-state index < -0.39 is 9.84 Å². The van der Waals surface area contributed by atoms with Crippen molar-refractivity contribution >= 4 is 33.0 Å². The lowest BCUT2D eigenvalue weighted by Gasteiger charge is -2.21. The van der Waals surface area contributed by atoms with Crippen LogP contribution in [0.4, 0.5) is 0 Å². The smallest absolute Gasteiger partial charge is 0.170 e. The van der Waals surface area contributed by atoms with Gasteiger partial charge in [0, 0.05) is 0 Å². The first-order chi connectivity index (χ1) is 7.96. The summed E-state index contributed by atoms with van der Waals surface area (Å²) in [5.74, 6) is 0.645. The molecule has 1 fully saturated rings. The van der Waals surface area contributed by atoms with Crippen molar-refractivity contribution in [2.75, 3.05) is 11.5 Å². The highest BCUT2D eigenvalue weighted by Crippen LogP contribution is 2.24. The Labute approximate surface area is 110 Å². The van der Waals surface area contributed by atoms with E-state index in [1.165, 1.54) is 0 Å². The van der Waals surface area contributed by atoms with Crippen molar-refractivity contribution in [3.05, 3.63) is 21.9 Å². The molecule has 2 heterocycles. The lowest BCUT2D eigenvalue weighted by Crippen LogP contribution is -2.26. The highest BCUT2D eigenvalue weighted by atomic mass is 35.5. The van der Waals surface area contributed by atoms with Gasteiger partial charge in [-0.25, -0.2) is 8.42 Å². The molecule has 4 nitrogen and oxygen atoms in total. The molecule has 94 valence electrons. The number of hydrogen-bond acceptors (Lipinski definition) is 4. The van der Waals surface area contributed by atoms with E-state index in [9.17, 15) is 8.42 Å². The van der Waals surface area contributed by atoms with Crippen molar-refractivity contribution in [1.82, 2.24) is 10.2 Å². The summed E-state index contributed by atoms with van der Waals surface area (Å²) in [7, 11) is -2.88. The van der Waals surface area contributed by atoms with Crippen LogP contribution < -0.4 is 0 Å². The minimum atomic E-state index is -2.88. The fourth-order valence-electron chi connectivity index (χ4n) is 2.06. The zero-order chi connectivity index (χ0) is 12.5. The largest absolute Gasteiger partial charge is 0.229 e. The van der Waals surface area contributed by atoms with Crippen LogP contribution in [-0.2, 0) is 16.3 Å². The van der Waals surface area contributed by atoms with Crippen molar-refractivity contribution in [2.24, 2.45) is 5.92 Å². The Bertz CT molecular complexity index is 519. The van der Waals surface area contributed by atoms with Crippen LogP contribution in [0, 0.1) is 5.92 Å². The van der Waals surface area contributed by atoms with Crippen LogP contribution in [0.5, 0.6) is 0 Å². The number of hydrogen-bond donors (Lipinski definition) is 0. The molecule has 1 saturated heterocycles. The zero-order valence-electron chi connectivity index (χ0n) is 9.07. The van der Waals surface area contributed by atoms with E-state index in [0.717, 1.165) is 12.8 Å². The number of rotatable bonds is 2. The number of nitrogens with zero attached hydrogens (tertiary/aromatic N) is 2. The molecule has 2 rings (SSSR count). The molecule has 1 aromatic rings. The summed E-state index contributed by atoms with van der Waals surface area (Å²) in [5.41, 5.74) is 0.696. The minimum absolute atomic E-state index is 0.111. The standard InChI is InChI=1S/C10H12Cl2N2O2S/c11-9-5-8(13-14-10(9)12)4-7-2-1-3-17(15,16)6-7/h5,7H,1-4,6H2. The molecule has 7 heteroatoms. The van der Waals surface area contributed by atoms with E-state index in [-0.39, 0.29) is 16.8 Å². The van der Waals surface area contributed by atoms with Crippen LogP contribution >= 0.6 is 23.2 Å². The first kappa shape index (κ1) is 13.1. The van der Waals surface area contributed by atoms with Gasteiger partial charge in [0.1, 0.15) is 0 Å². The minimum Gasteiger partial charge on any atom is -0.229 e. The van der Waals surface area contributed by atoms with E-state index in [4.69, 9.17) is 23.2 Å². The normalized spacial score (nSPS) is 23.5. The van der Waals surface area contributed by atoms with E-state index >= 15 is 0 Å². The van der Waals surface area contributed by atoms with Crippen molar-refractivity contribution in [2.45, 2.75) is 19.3 Å². The molecule has 1 atom stereocenters. The van der Waals surface area contributed by atoms with Crippen LogP contribution in [0.2, 0.25) is 10.2 Å². The van der Waals surface area contributed by atoms with E-state index in [0.29, 0.717) is 22.9 Å². The van der Waals surface area contributed by atoms with Crippen LogP contribution in [-0.4, -0.2) is 30.1 Å². The lowest BCUT2D eigenvalue weighted by atomic mass is 9.99. The summed E-state index contributed by atoms with van der Waals surface area (Å²) >= 11 is 11.5. The molecule has 1 unspecified atom stereocenters. The van der Waals surface area contributed by atoms with E-state index in [2.05, 4.69) is 10.2 Å². The molecule has 0 N–H and O–H groups in total. The monoisotopic (exact) mass is 294 g/mol. The Hall–Kier alpha value is -0.390. The summed E-state index contributed by atoms with van der Waals surface area (Å²) in [4.78, 5) is 0. The molecule has 0 amide bonds. The topological polar surface area (TPSA) is 59.9 Å². The molecule has 1 aliphatic heterocycles. The Balaban J connectivity index is 2.08. The number of aromatic nitrogens is 2. The predicted octanol–water partition coefficient (Wildman–Crippen LogP) is 2.15. The molecule has 0 aliphatic carbocycles. The Morgan fingerprint density at radius 3 is 2.76 bits per heavy atom. The Kier molecular flexibility index (Phi) is 3.90. The maximum absolute atomic E-state index is 11.5. The molecular formula is C10H12Cl2N2O2S. The summed E-state index contributed by atoms with van der Waals surface area (Å²) < 4.78 is 23.0. The number of sulfone groups is 1. The average molecular weight is 295 g/mol. The third-order valence-corrected chi connectivity index (χ3v) is 5.37. The van der Waals surface area contributed by atoms with Crippen LogP contribution in [0.15, 0.2) is 6.07 Å². The summed E-state index contributed by atoms with van der Waals surface area (Å²) in [6.07, 6.45) is 2.21. The molecule has 0 saturated carbocycles. The summed E-state index contributed by atoms with van der Waals surface area (Å²) in [6, 6.07) is 1.65. The van der Waals surface area contributed by atoms with Gasteiger partial charge in [-0.15, -0.1) is 5.10 Å². The fraction of sp³-hybridized carbons (Fsp3) is 0.600. The van der Waals surface area contributed by atoms with Gasteiger partial charge in [0.05, 0.1) is 22.2 Å². The zero-order valence-corrected chi connectivity index (χ0v) is 11.4. The second-order valence-electron chi connectivity index (χ2n) is 4.30. The van der Waals surface area contributed by atoms with Crippen LogP contribution in [0.25, 0.3) is 0 Å². The maximum atomic E-state index is 11.5. The fourth-order valence-corrected chi connectivity index (χ4v) is 4.10. The van der Waals surface area contributed by atoms with Crippen molar-refractivity contribution in [1.29, 1.82) is 0 Å². The summed E-state index contributed by atoms with van der Waals surface area (Å²) in [5, 5.41) is 8.16. The quantitative estimate of drug-likeness (QED) is 0.839. The molecule has 0 aromatic carbocycles. The Morgan fingerprint density at radius 1 is 1.35 bits per heavy atom. The first-order valence-corrected chi connectivity index (χ1v) is 7.92. The molecule has 0 bridgehead atoms. The van der Waals surface area contributed by atoms with Gasteiger partial charge in [-0.05, 0) is 31.2 Å². The predicted molar refractivity (Wildman–Crippen MR) is 67.1 cm³/mol. The van der Waals surface area contributed by atoms with Crippen LogP contribution in [0.1, 0.15) is 18.5 Å². The second-order valence-corrected chi connectivity index (χ2v) is 7.30.